The van der Waals surface area contributed by atoms with Crippen LogP contribution in [0.4, 0.5) is 0 Å². The lowest BCUT2D eigenvalue weighted by Gasteiger charge is -2.26. The first kappa shape index (κ1) is 20.2. The first-order chi connectivity index (χ1) is 14.4. The Morgan fingerprint density at radius 1 is 1.10 bits per heavy atom. The van der Waals surface area contributed by atoms with Crippen LogP contribution in [0.2, 0.25) is 0 Å². The number of aryl methyl sites for hydroxylation is 1. The molecule has 30 heavy (non-hydrogen) atoms. The Hall–Kier alpha value is -3.12. The quantitative estimate of drug-likeness (QED) is 0.626. The summed E-state index contributed by atoms with van der Waals surface area (Å²) in [7, 11) is 3.92. The second-order valence-corrected chi connectivity index (χ2v) is 7.88. The Morgan fingerprint density at radius 2 is 1.83 bits per heavy atom. The smallest absolute Gasteiger partial charge is 0.290 e. The zero-order valence-corrected chi connectivity index (χ0v) is 17.8. The molecule has 0 bridgehead atoms. The number of ether oxygens (including phenoxy) is 1. The van der Waals surface area contributed by atoms with E-state index in [2.05, 4.69) is 0 Å². The molecule has 156 valence electrons. The number of likely N-dealkylation sites (N-methyl/N-ethyl adjacent to an activating group) is 1. The van der Waals surface area contributed by atoms with Crippen molar-refractivity contribution in [3.63, 3.8) is 0 Å². The van der Waals surface area contributed by atoms with Gasteiger partial charge in [0.1, 0.15) is 11.3 Å². The summed E-state index contributed by atoms with van der Waals surface area (Å²) >= 11 is 0. The van der Waals surface area contributed by atoms with Gasteiger partial charge in [-0.15, -0.1) is 0 Å². The number of benzene rings is 2. The van der Waals surface area contributed by atoms with Gasteiger partial charge in [0, 0.05) is 19.2 Å². The maximum atomic E-state index is 13.5. The number of nitrogens with zero attached hydrogens (tertiary/aromatic N) is 2. The van der Waals surface area contributed by atoms with Gasteiger partial charge in [-0.25, -0.2) is 0 Å². The van der Waals surface area contributed by atoms with E-state index in [1.807, 2.05) is 57.1 Å². The lowest BCUT2D eigenvalue weighted by atomic mass is 9.97. The average Bonchev–Trinajstić information content (AvgIpc) is 2.99. The Kier molecular flexibility index (Phi) is 5.35. The molecule has 1 aliphatic rings. The van der Waals surface area contributed by atoms with E-state index in [1.54, 1.807) is 23.1 Å². The molecule has 1 aliphatic heterocycles. The molecule has 0 spiro atoms. The topological polar surface area (TPSA) is 63.0 Å². The van der Waals surface area contributed by atoms with E-state index in [-0.39, 0.29) is 17.1 Å². The van der Waals surface area contributed by atoms with Crippen molar-refractivity contribution in [2.24, 2.45) is 0 Å². The first-order valence-corrected chi connectivity index (χ1v) is 10.2. The highest BCUT2D eigenvalue weighted by molar-refractivity contribution is 5.99. The standard InChI is InChI=1S/C24H26N2O4/c1-5-29-17-10-11-18-19(14-17)30-23-20(22(18)27)21(16-8-6-15(2)7-9-16)26(24(23)28)13-12-25(3)4/h6-11,14,21H,5,12-13H2,1-4H3. The Bertz CT molecular complexity index is 1150. The van der Waals surface area contributed by atoms with Crippen LogP contribution >= 0.6 is 0 Å². The number of hydrogen-bond acceptors (Lipinski definition) is 5. The predicted octanol–water partition coefficient (Wildman–Crippen LogP) is 3.61. The summed E-state index contributed by atoms with van der Waals surface area (Å²) in [6.07, 6.45) is 0. The fourth-order valence-corrected chi connectivity index (χ4v) is 3.89. The molecule has 6 heteroatoms. The van der Waals surface area contributed by atoms with Crippen molar-refractivity contribution >= 4 is 16.9 Å². The Morgan fingerprint density at radius 3 is 2.50 bits per heavy atom. The molecule has 1 unspecified atom stereocenters. The van der Waals surface area contributed by atoms with Crippen molar-refractivity contribution < 1.29 is 13.9 Å². The van der Waals surface area contributed by atoms with Crippen molar-refractivity contribution in [3.8, 4) is 5.75 Å². The lowest BCUT2D eigenvalue weighted by Crippen LogP contribution is -2.35. The van der Waals surface area contributed by atoms with E-state index in [0.29, 0.717) is 42.0 Å². The van der Waals surface area contributed by atoms with Gasteiger partial charge in [-0.3, -0.25) is 9.59 Å². The summed E-state index contributed by atoms with van der Waals surface area (Å²) in [5, 5.41) is 0.455. The number of amides is 1. The molecule has 3 aromatic rings. The van der Waals surface area contributed by atoms with Gasteiger partial charge in [0.15, 0.2) is 5.43 Å². The van der Waals surface area contributed by atoms with Gasteiger partial charge in [-0.1, -0.05) is 29.8 Å². The van der Waals surface area contributed by atoms with Gasteiger partial charge < -0.3 is 19.0 Å². The van der Waals surface area contributed by atoms with Crippen molar-refractivity contribution in [3.05, 3.63) is 75.1 Å². The van der Waals surface area contributed by atoms with Gasteiger partial charge >= 0.3 is 0 Å². The summed E-state index contributed by atoms with van der Waals surface area (Å²) in [5.41, 5.74) is 2.65. The van der Waals surface area contributed by atoms with Crippen LogP contribution in [0.3, 0.4) is 0 Å². The van der Waals surface area contributed by atoms with Crippen LogP contribution in [-0.2, 0) is 0 Å². The monoisotopic (exact) mass is 406 g/mol. The van der Waals surface area contributed by atoms with Crippen LogP contribution in [0.15, 0.2) is 51.7 Å². The third-order valence-corrected chi connectivity index (χ3v) is 5.43. The maximum absolute atomic E-state index is 13.5. The molecular weight excluding hydrogens is 380 g/mol. The van der Waals surface area contributed by atoms with E-state index in [9.17, 15) is 9.59 Å². The van der Waals surface area contributed by atoms with Crippen LogP contribution in [0.25, 0.3) is 11.0 Å². The molecule has 0 N–H and O–H groups in total. The fraction of sp³-hybridized carbons (Fsp3) is 0.333. The Balaban J connectivity index is 1.90. The molecule has 1 amide bonds. The van der Waals surface area contributed by atoms with E-state index >= 15 is 0 Å². The maximum Gasteiger partial charge on any atom is 0.290 e. The number of fused-ring (bicyclic) bond motifs is 2. The minimum Gasteiger partial charge on any atom is -0.494 e. The van der Waals surface area contributed by atoms with Crippen molar-refractivity contribution in [2.75, 3.05) is 33.8 Å². The molecule has 0 fully saturated rings. The van der Waals surface area contributed by atoms with Gasteiger partial charge in [-0.05, 0) is 45.6 Å². The predicted molar refractivity (Wildman–Crippen MR) is 116 cm³/mol. The summed E-state index contributed by atoms with van der Waals surface area (Å²) in [5.74, 6) is 0.488. The molecule has 0 aliphatic carbocycles. The summed E-state index contributed by atoms with van der Waals surface area (Å²) in [4.78, 5) is 30.5. The fourth-order valence-electron chi connectivity index (χ4n) is 3.89. The van der Waals surface area contributed by atoms with Crippen LogP contribution in [0, 0.1) is 6.92 Å². The van der Waals surface area contributed by atoms with Crippen molar-refractivity contribution in [1.82, 2.24) is 9.80 Å². The molecule has 6 nitrogen and oxygen atoms in total. The Labute approximate surface area is 175 Å². The van der Waals surface area contributed by atoms with Crippen LogP contribution in [-0.4, -0.2) is 49.5 Å². The third kappa shape index (κ3) is 3.48. The highest BCUT2D eigenvalue weighted by Crippen LogP contribution is 2.38. The summed E-state index contributed by atoms with van der Waals surface area (Å²) in [6.45, 7) is 5.59. The molecule has 1 atom stereocenters. The summed E-state index contributed by atoms with van der Waals surface area (Å²) in [6, 6.07) is 12.7. The van der Waals surface area contributed by atoms with Crippen LogP contribution in [0.5, 0.6) is 5.75 Å². The molecule has 2 heterocycles. The second-order valence-electron chi connectivity index (χ2n) is 7.88. The molecule has 2 aromatic carbocycles. The number of carbonyl (C=O) groups excluding carboxylic acids is 1. The molecular formula is C24H26N2O4. The minimum atomic E-state index is -0.458. The normalized spacial score (nSPS) is 15.8. The van der Waals surface area contributed by atoms with E-state index in [0.717, 1.165) is 11.1 Å². The number of carbonyl (C=O) groups is 1. The highest BCUT2D eigenvalue weighted by Gasteiger charge is 2.42. The SMILES string of the molecule is CCOc1ccc2c(=O)c3c(oc2c1)C(=O)N(CCN(C)C)C3c1ccc(C)cc1. The van der Waals surface area contributed by atoms with E-state index < -0.39 is 6.04 Å². The zero-order chi connectivity index (χ0) is 21.4. The minimum absolute atomic E-state index is 0.130. The molecule has 0 radical (unpaired) electrons. The molecule has 4 rings (SSSR count). The number of hydrogen-bond donors (Lipinski definition) is 0. The molecule has 0 saturated carbocycles. The molecule has 1 aromatic heterocycles. The average molecular weight is 406 g/mol. The van der Waals surface area contributed by atoms with Crippen LogP contribution in [0.1, 0.15) is 40.2 Å². The number of rotatable bonds is 6. The first-order valence-electron chi connectivity index (χ1n) is 10.2. The van der Waals surface area contributed by atoms with E-state index in [4.69, 9.17) is 9.15 Å². The largest absolute Gasteiger partial charge is 0.494 e. The van der Waals surface area contributed by atoms with Crippen molar-refractivity contribution in [1.29, 1.82) is 0 Å². The van der Waals surface area contributed by atoms with Gasteiger partial charge in [-0.2, -0.15) is 0 Å². The second kappa shape index (κ2) is 7.95. The zero-order valence-electron chi connectivity index (χ0n) is 17.8. The third-order valence-electron chi connectivity index (χ3n) is 5.43. The molecule has 0 saturated heterocycles. The van der Waals surface area contributed by atoms with Gasteiger partial charge in [0.25, 0.3) is 5.91 Å². The van der Waals surface area contributed by atoms with E-state index in [1.165, 1.54) is 0 Å². The van der Waals surface area contributed by atoms with Crippen molar-refractivity contribution in [2.45, 2.75) is 19.9 Å². The highest BCUT2D eigenvalue weighted by atomic mass is 16.5. The van der Waals surface area contributed by atoms with Crippen LogP contribution < -0.4 is 10.2 Å². The van der Waals surface area contributed by atoms with Gasteiger partial charge in [0.05, 0.1) is 23.6 Å². The lowest BCUT2D eigenvalue weighted by molar-refractivity contribution is 0.0716. The van der Waals surface area contributed by atoms with Gasteiger partial charge in [0.2, 0.25) is 5.76 Å². The summed E-state index contributed by atoms with van der Waals surface area (Å²) < 4.78 is 11.5.